The first-order valence-electron chi connectivity index (χ1n) is 8.27. The molecule has 0 radical (unpaired) electrons. The van der Waals surface area contributed by atoms with Crippen molar-refractivity contribution in [2.45, 2.75) is 30.2 Å². The van der Waals surface area contributed by atoms with Gasteiger partial charge in [0, 0.05) is 11.4 Å². The highest BCUT2D eigenvalue weighted by Crippen LogP contribution is 2.38. The van der Waals surface area contributed by atoms with Crippen molar-refractivity contribution in [1.82, 2.24) is 5.32 Å². The molecule has 0 aromatic heterocycles. The number of carbonyl (C=O) groups excluding carboxylic acids is 1. The molecule has 2 aliphatic heterocycles. The maximum atomic E-state index is 14.7. The van der Waals surface area contributed by atoms with E-state index in [9.17, 15) is 9.18 Å². The number of rotatable bonds is 2. The summed E-state index contributed by atoms with van der Waals surface area (Å²) in [5.41, 5.74) is 3.06. The summed E-state index contributed by atoms with van der Waals surface area (Å²) in [5.74, 6) is 0.309. The lowest BCUT2D eigenvalue weighted by Crippen LogP contribution is -2.27. The Kier molecular flexibility index (Phi) is 5.67. The lowest BCUT2D eigenvalue weighted by atomic mass is 9.94. The standard InChI is InChI=1S/C19H19FN2OS.ClH/c20-18-13-7-9-21-11-12(13)5-6-16(18)22-19(23)15-8-10-24-17-4-2-1-3-14(15)17;/h1-6,15,21H,7-11H2,(H,22,23);1H. The molecule has 25 heavy (non-hydrogen) atoms. The number of amides is 1. The van der Waals surface area contributed by atoms with Gasteiger partial charge in [0.25, 0.3) is 0 Å². The molecule has 2 aliphatic rings. The van der Waals surface area contributed by atoms with Gasteiger partial charge in [-0.25, -0.2) is 4.39 Å². The summed E-state index contributed by atoms with van der Waals surface area (Å²) in [7, 11) is 0. The summed E-state index contributed by atoms with van der Waals surface area (Å²) >= 11 is 1.78. The molecule has 1 atom stereocenters. The fraction of sp³-hybridized carbons (Fsp3) is 0.316. The number of carbonyl (C=O) groups is 1. The molecule has 1 unspecified atom stereocenters. The van der Waals surface area contributed by atoms with Crippen LogP contribution in [0, 0.1) is 5.82 Å². The van der Waals surface area contributed by atoms with E-state index in [1.807, 2.05) is 30.3 Å². The molecule has 2 aromatic rings. The fourth-order valence-electron chi connectivity index (χ4n) is 3.46. The van der Waals surface area contributed by atoms with E-state index in [4.69, 9.17) is 0 Å². The summed E-state index contributed by atoms with van der Waals surface area (Å²) in [6.07, 6.45) is 1.44. The monoisotopic (exact) mass is 378 g/mol. The van der Waals surface area contributed by atoms with Gasteiger partial charge in [0.05, 0.1) is 11.6 Å². The van der Waals surface area contributed by atoms with Gasteiger partial charge in [-0.2, -0.15) is 0 Å². The van der Waals surface area contributed by atoms with Crippen molar-refractivity contribution in [2.24, 2.45) is 0 Å². The molecule has 0 fully saturated rings. The van der Waals surface area contributed by atoms with E-state index < -0.39 is 0 Å². The van der Waals surface area contributed by atoms with Crippen molar-refractivity contribution in [3.63, 3.8) is 0 Å². The van der Waals surface area contributed by atoms with Gasteiger partial charge in [-0.05, 0) is 54.0 Å². The topological polar surface area (TPSA) is 41.1 Å². The van der Waals surface area contributed by atoms with Crippen LogP contribution in [0.25, 0.3) is 0 Å². The highest BCUT2D eigenvalue weighted by atomic mass is 35.5. The number of fused-ring (bicyclic) bond motifs is 2. The second-order valence-corrected chi connectivity index (χ2v) is 7.35. The largest absolute Gasteiger partial charge is 0.323 e. The van der Waals surface area contributed by atoms with Crippen LogP contribution in [0.15, 0.2) is 41.3 Å². The lowest BCUT2D eigenvalue weighted by molar-refractivity contribution is -0.117. The molecule has 0 saturated heterocycles. The van der Waals surface area contributed by atoms with Crippen molar-refractivity contribution >= 4 is 35.8 Å². The maximum Gasteiger partial charge on any atom is 0.232 e. The van der Waals surface area contributed by atoms with Crippen molar-refractivity contribution in [1.29, 1.82) is 0 Å². The highest BCUT2D eigenvalue weighted by Gasteiger charge is 2.27. The average molecular weight is 379 g/mol. The van der Waals surface area contributed by atoms with Crippen LogP contribution in [-0.2, 0) is 17.8 Å². The van der Waals surface area contributed by atoms with Gasteiger partial charge in [0.1, 0.15) is 5.82 Å². The van der Waals surface area contributed by atoms with Gasteiger partial charge >= 0.3 is 0 Å². The molecule has 4 rings (SSSR count). The third-order valence-electron chi connectivity index (χ3n) is 4.74. The number of nitrogens with one attached hydrogen (secondary N) is 2. The Labute approximate surface area is 157 Å². The van der Waals surface area contributed by atoms with E-state index in [1.165, 1.54) is 0 Å². The van der Waals surface area contributed by atoms with Crippen molar-refractivity contribution in [3.05, 3.63) is 58.9 Å². The minimum atomic E-state index is -0.277. The van der Waals surface area contributed by atoms with Crippen LogP contribution in [0.1, 0.15) is 29.0 Å². The van der Waals surface area contributed by atoms with Gasteiger partial charge in [0.15, 0.2) is 0 Å². The van der Waals surface area contributed by atoms with Gasteiger partial charge in [-0.15, -0.1) is 24.2 Å². The number of anilines is 1. The predicted molar refractivity (Wildman–Crippen MR) is 102 cm³/mol. The Balaban J connectivity index is 0.00000182. The number of benzene rings is 2. The zero-order valence-corrected chi connectivity index (χ0v) is 15.3. The van der Waals surface area contributed by atoms with E-state index in [0.29, 0.717) is 18.7 Å². The van der Waals surface area contributed by atoms with Gasteiger partial charge in [0.2, 0.25) is 5.91 Å². The van der Waals surface area contributed by atoms with Crippen molar-refractivity contribution in [2.75, 3.05) is 17.6 Å². The van der Waals surface area contributed by atoms with Crippen LogP contribution >= 0.6 is 24.2 Å². The third kappa shape index (κ3) is 3.54. The number of hydrogen-bond acceptors (Lipinski definition) is 3. The van der Waals surface area contributed by atoms with E-state index in [1.54, 1.807) is 17.8 Å². The molecular formula is C19H20ClFN2OS. The van der Waals surface area contributed by atoms with Crippen LogP contribution in [0.2, 0.25) is 0 Å². The Hall–Kier alpha value is -1.56. The molecule has 0 bridgehead atoms. The molecule has 3 nitrogen and oxygen atoms in total. The van der Waals surface area contributed by atoms with Crippen LogP contribution in [0.4, 0.5) is 10.1 Å². The fourth-order valence-corrected chi connectivity index (χ4v) is 4.59. The molecule has 0 saturated carbocycles. The SMILES string of the molecule is Cl.O=C(Nc1ccc2c(c1F)CCNC2)C1CCSc2ccccc21. The summed E-state index contributed by atoms with van der Waals surface area (Å²) in [6, 6.07) is 11.6. The molecule has 0 aliphatic carbocycles. The molecule has 1 amide bonds. The summed E-state index contributed by atoms with van der Waals surface area (Å²) in [4.78, 5) is 13.9. The minimum Gasteiger partial charge on any atom is -0.323 e. The van der Waals surface area contributed by atoms with Crippen LogP contribution in [0.3, 0.4) is 0 Å². The first kappa shape index (κ1) is 18.2. The zero-order valence-electron chi connectivity index (χ0n) is 13.7. The Morgan fingerprint density at radius 1 is 1.24 bits per heavy atom. The Morgan fingerprint density at radius 2 is 2.08 bits per heavy atom. The smallest absolute Gasteiger partial charge is 0.232 e. The summed E-state index contributed by atoms with van der Waals surface area (Å²) in [6.45, 7) is 1.46. The lowest BCUT2D eigenvalue weighted by Gasteiger charge is -2.25. The molecule has 0 spiro atoms. The molecule has 132 valence electrons. The number of thioether (sulfide) groups is 1. The summed E-state index contributed by atoms with van der Waals surface area (Å²) in [5, 5.41) is 6.06. The van der Waals surface area contributed by atoms with Crippen LogP contribution in [-0.4, -0.2) is 18.2 Å². The first-order chi connectivity index (χ1) is 11.7. The molecule has 2 aromatic carbocycles. The predicted octanol–water partition coefficient (Wildman–Crippen LogP) is 4.11. The zero-order chi connectivity index (χ0) is 16.5. The molecule has 2 N–H and O–H groups in total. The van der Waals surface area contributed by atoms with Gasteiger partial charge in [-0.3, -0.25) is 4.79 Å². The quantitative estimate of drug-likeness (QED) is 0.826. The van der Waals surface area contributed by atoms with Gasteiger partial charge in [-0.1, -0.05) is 24.3 Å². The second kappa shape index (κ2) is 7.77. The highest BCUT2D eigenvalue weighted by molar-refractivity contribution is 7.99. The van der Waals surface area contributed by atoms with Gasteiger partial charge < -0.3 is 10.6 Å². The first-order valence-corrected chi connectivity index (χ1v) is 9.26. The van der Waals surface area contributed by atoms with Crippen LogP contribution < -0.4 is 10.6 Å². The average Bonchev–Trinajstić information content (AvgIpc) is 2.63. The normalized spacial score (nSPS) is 18.5. The summed E-state index contributed by atoms with van der Waals surface area (Å²) < 4.78 is 14.7. The Bertz CT molecular complexity index is 799. The molecule has 2 heterocycles. The molecule has 6 heteroatoms. The van der Waals surface area contributed by atoms with E-state index in [0.717, 1.165) is 40.3 Å². The minimum absolute atomic E-state index is 0. The third-order valence-corrected chi connectivity index (χ3v) is 5.86. The van der Waals surface area contributed by atoms with E-state index in [-0.39, 0.29) is 30.0 Å². The molecular weight excluding hydrogens is 359 g/mol. The Morgan fingerprint density at radius 3 is 2.96 bits per heavy atom. The van der Waals surface area contributed by atoms with E-state index in [2.05, 4.69) is 10.6 Å². The van der Waals surface area contributed by atoms with Crippen molar-refractivity contribution in [3.8, 4) is 0 Å². The van der Waals surface area contributed by atoms with E-state index >= 15 is 0 Å². The number of halogens is 2. The second-order valence-electron chi connectivity index (χ2n) is 6.21. The van der Waals surface area contributed by atoms with Crippen LogP contribution in [0.5, 0.6) is 0 Å². The van der Waals surface area contributed by atoms with Crippen molar-refractivity contribution < 1.29 is 9.18 Å². The maximum absolute atomic E-state index is 14.7. The number of hydrogen-bond donors (Lipinski definition) is 2.